The van der Waals surface area contributed by atoms with Gasteiger partial charge in [-0.15, -0.1) is 0 Å². The van der Waals surface area contributed by atoms with Crippen molar-refractivity contribution in [3.05, 3.63) is 52.8 Å². The van der Waals surface area contributed by atoms with E-state index >= 15 is 0 Å². The third kappa shape index (κ3) is 2.39. The molecule has 23 heavy (non-hydrogen) atoms. The maximum Gasteiger partial charge on any atom is 0.231 e. The molecule has 5 nitrogen and oxygen atoms in total. The van der Waals surface area contributed by atoms with Crippen molar-refractivity contribution in [2.45, 2.75) is 0 Å². The molecule has 0 amide bonds. The summed E-state index contributed by atoms with van der Waals surface area (Å²) >= 11 is 6.17. The number of ether oxygens (including phenoxy) is 2. The Morgan fingerprint density at radius 1 is 1.30 bits per heavy atom. The van der Waals surface area contributed by atoms with E-state index in [1.807, 2.05) is 24.3 Å². The molecule has 0 atom stereocenters. The Balaban J connectivity index is 1.79. The van der Waals surface area contributed by atoms with Gasteiger partial charge in [0.05, 0.1) is 21.6 Å². The summed E-state index contributed by atoms with van der Waals surface area (Å²) in [6, 6.07) is 13.3. The Morgan fingerprint density at radius 2 is 2.17 bits per heavy atom. The van der Waals surface area contributed by atoms with Gasteiger partial charge in [0.25, 0.3) is 0 Å². The first kappa shape index (κ1) is 13.7. The van der Waals surface area contributed by atoms with Crippen LogP contribution in [0.2, 0.25) is 5.02 Å². The summed E-state index contributed by atoms with van der Waals surface area (Å²) in [4.78, 5) is 7.58. The third-order valence-corrected chi connectivity index (χ3v) is 3.81. The molecule has 4 rings (SSSR count). The summed E-state index contributed by atoms with van der Waals surface area (Å²) in [5.74, 6) is 1.62. The standard InChI is InChI=1S/C17H10ClN3O2/c18-12-6-10(7-15-16(12)23-9-22-15)5-11(8-19)17-20-13-3-1-2-4-14(13)21-17/h1-7H,9H2,(H,20,21). The number of H-pyrrole nitrogens is 1. The predicted molar refractivity (Wildman–Crippen MR) is 87.2 cm³/mol. The number of rotatable bonds is 2. The van der Waals surface area contributed by atoms with Gasteiger partial charge in [0, 0.05) is 0 Å². The van der Waals surface area contributed by atoms with Gasteiger partial charge in [-0.25, -0.2) is 4.98 Å². The van der Waals surface area contributed by atoms with E-state index in [1.54, 1.807) is 18.2 Å². The van der Waals surface area contributed by atoms with Gasteiger partial charge >= 0.3 is 0 Å². The lowest BCUT2D eigenvalue weighted by molar-refractivity contribution is 0.174. The van der Waals surface area contributed by atoms with Crippen molar-refractivity contribution in [3.8, 4) is 17.6 Å². The highest BCUT2D eigenvalue weighted by Gasteiger charge is 2.18. The number of halogens is 1. The molecule has 2 aromatic carbocycles. The van der Waals surface area contributed by atoms with Crippen LogP contribution in [0.1, 0.15) is 11.4 Å². The number of nitriles is 1. The third-order valence-electron chi connectivity index (χ3n) is 3.53. The number of hydrogen-bond acceptors (Lipinski definition) is 4. The number of allylic oxidation sites excluding steroid dienone is 1. The summed E-state index contributed by atoms with van der Waals surface area (Å²) in [7, 11) is 0. The van der Waals surface area contributed by atoms with Crippen LogP contribution in [0.15, 0.2) is 36.4 Å². The highest BCUT2D eigenvalue weighted by Crippen LogP contribution is 2.40. The number of nitrogens with zero attached hydrogens (tertiary/aromatic N) is 2. The summed E-state index contributed by atoms with van der Waals surface area (Å²) in [5, 5.41) is 9.91. The van der Waals surface area contributed by atoms with Crippen LogP contribution in [0.5, 0.6) is 11.5 Å². The van der Waals surface area contributed by atoms with Crippen LogP contribution < -0.4 is 9.47 Å². The maximum absolute atomic E-state index is 9.46. The number of imidazole rings is 1. The van der Waals surface area contributed by atoms with E-state index in [4.69, 9.17) is 21.1 Å². The highest BCUT2D eigenvalue weighted by molar-refractivity contribution is 6.32. The molecule has 2 heterocycles. The second-order valence-electron chi connectivity index (χ2n) is 5.01. The molecule has 1 N–H and O–H groups in total. The van der Waals surface area contributed by atoms with Gasteiger partial charge in [-0.2, -0.15) is 5.26 Å². The van der Waals surface area contributed by atoms with Crippen molar-refractivity contribution in [1.29, 1.82) is 5.26 Å². The molecule has 0 aliphatic carbocycles. The monoisotopic (exact) mass is 323 g/mol. The summed E-state index contributed by atoms with van der Waals surface area (Å²) in [6.07, 6.45) is 1.71. The number of fused-ring (bicyclic) bond motifs is 2. The van der Waals surface area contributed by atoms with Gasteiger partial charge in [-0.3, -0.25) is 0 Å². The van der Waals surface area contributed by atoms with Crippen LogP contribution in [-0.2, 0) is 0 Å². The molecule has 3 aromatic rings. The van der Waals surface area contributed by atoms with Crippen molar-refractivity contribution in [1.82, 2.24) is 9.97 Å². The van der Waals surface area contributed by atoms with E-state index in [1.165, 1.54) is 0 Å². The minimum absolute atomic E-state index is 0.150. The van der Waals surface area contributed by atoms with Crippen LogP contribution in [0.25, 0.3) is 22.7 Å². The smallest absolute Gasteiger partial charge is 0.231 e. The molecule has 0 saturated carbocycles. The van der Waals surface area contributed by atoms with Gasteiger partial charge in [0.1, 0.15) is 11.9 Å². The molecule has 0 radical (unpaired) electrons. The number of benzene rings is 2. The molecule has 0 spiro atoms. The van der Waals surface area contributed by atoms with E-state index < -0.39 is 0 Å². The largest absolute Gasteiger partial charge is 0.454 e. The lowest BCUT2D eigenvalue weighted by Crippen LogP contribution is -1.93. The first-order valence-corrected chi connectivity index (χ1v) is 7.28. The average molecular weight is 324 g/mol. The molecule has 6 heteroatoms. The molecule has 0 saturated heterocycles. The van der Waals surface area contributed by atoms with E-state index in [2.05, 4.69) is 16.0 Å². The van der Waals surface area contributed by atoms with Crippen molar-refractivity contribution in [2.24, 2.45) is 0 Å². The Kier molecular flexibility index (Phi) is 3.18. The van der Waals surface area contributed by atoms with Gasteiger partial charge in [0.15, 0.2) is 11.5 Å². The maximum atomic E-state index is 9.46. The predicted octanol–water partition coefficient (Wildman–Crippen LogP) is 4.01. The van der Waals surface area contributed by atoms with Crippen molar-refractivity contribution in [3.63, 3.8) is 0 Å². The van der Waals surface area contributed by atoms with Crippen LogP contribution in [-0.4, -0.2) is 16.8 Å². The van der Waals surface area contributed by atoms with Gasteiger partial charge in [0.2, 0.25) is 6.79 Å². The van der Waals surface area contributed by atoms with Crippen LogP contribution in [0, 0.1) is 11.3 Å². The average Bonchev–Trinajstić information content (AvgIpc) is 3.18. The molecule has 112 valence electrons. The Bertz CT molecular complexity index is 952. The van der Waals surface area contributed by atoms with Gasteiger partial charge in [-0.05, 0) is 35.9 Å². The lowest BCUT2D eigenvalue weighted by Gasteiger charge is -2.01. The Hall–Kier alpha value is -2.97. The van der Waals surface area contributed by atoms with Crippen molar-refractivity contribution >= 4 is 34.3 Å². The second-order valence-corrected chi connectivity index (χ2v) is 5.42. The summed E-state index contributed by atoms with van der Waals surface area (Å²) in [5.41, 5.74) is 2.85. The molecular weight excluding hydrogens is 314 g/mol. The first-order chi connectivity index (χ1) is 11.2. The molecule has 1 aliphatic rings. The molecular formula is C17H10ClN3O2. The van der Waals surface area contributed by atoms with E-state index in [0.717, 1.165) is 16.6 Å². The van der Waals surface area contributed by atoms with E-state index in [-0.39, 0.29) is 6.79 Å². The quantitative estimate of drug-likeness (QED) is 0.723. The molecule has 1 aromatic heterocycles. The number of para-hydroxylation sites is 2. The number of nitrogens with one attached hydrogen (secondary N) is 1. The van der Waals surface area contributed by atoms with Gasteiger partial charge in [-0.1, -0.05) is 23.7 Å². The lowest BCUT2D eigenvalue weighted by atomic mass is 10.1. The van der Waals surface area contributed by atoms with Crippen molar-refractivity contribution in [2.75, 3.05) is 6.79 Å². The van der Waals surface area contributed by atoms with Crippen LogP contribution in [0.3, 0.4) is 0 Å². The zero-order chi connectivity index (χ0) is 15.8. The minimum Gasteiger partial charge on any atom is -0.454 e. The second kappa shape index (κ2) is 5.34. The van der Waals surface area contributed by atoms with E-state index in [9.17, 15) is 5.26 Å². The van der Waals surface area contributed by atoms with Gasteiger partial charge < -0.3 is 14.5 Å². The van der Waals surface area contributed by atoms with E-state index in [0.29, 0.717) is 27.9 Å². The number of aromatic amines is 1. The minimum atomic E-state index is 0.150. The fraction of sp³-hybridized carbons (Fsp3) is 0.0588. The summed E-state index contributed by atoms with van der Waals surface area (Å²) in [6.45, 7) is 0.150. The number of aromatic nitrogens is 2. The summed E-state index contributed by atoms with van der Waals surface area (Å²) < 4.78 is 10.6. The molecule has 0 bridgehead atoms. The van der Waals surface area contributed by atoms with Crippen LogP contribution in [0.4, 0.5) is 0 Å². The first-order valence-electron chi connectivity index (χ1n) is 6.90. The zero-order valence-electron chi connectivity index (χ0n) is 11.8. The molecule has 0 fully saturated rings. The molecule has 1 aliphatic heterocycles. The Morgan fingerprint density at radius 3 is 3.00 bits per heavy atom. The van der Waals surface area contributed by atoms with Crippen molar-refractivity contribution < 1.29 is 9.47 Å². The fourth-order valence-corrected chi connectivity index (χ4v) is 2.74. The zero-order valence-corrected chi connectivity index (χ0v) is 12.6. The molecule has 0 unspecified atom stereocenters. The SMILES string of the molecule is N#CC(=Cc1cc(Cl)c2c(c1)OCO2)c1nc2ccccc2[nH]1. The van der Waals surface area contributed by atoms with Crippen LogP contribution >= 0.6 is 11.6 Å². The number of hydrogen-bond donors (Lipinski definition) is 1. The topological polar surface area (TPSA) is 70.9 Å². The normalized spacial score (nSPS) is 13.3. The Labute approximate surface area is 136 Å². The highest BCUT2D eigenvalue weighted by atomic mass is 35.5. The fourth-order valence-electron chi connectivity index (χ4n) is 2.47.